The molecule has 0 saturated heterocycles. The van der Waals surface area contributed by atoms with Gasteiger partial charge in [-0.15, -0.1) is 0 Å². The van der Waals surface area contributed by atoms with Gasteiger partial charge in [0.1, 0.15) is 0 Å². The van der Waals surface area contributed by atoms with Crippen LogP contribution in [0.15, 0.2) is 47.1 Å². The van der Waals surface area contributed by atoms with Crippen LogP contribution in [-0.4, -0.2) is 38.5 Å². The lowest BCUT2D eigenvalue weighted by Crippen LogP contribution is -2.24. The number of nitrogens with two attached hydrogens (primary N) is 1. The van der Waals surface area contributed by atoms with E-state index in [0.29, 0.717) is 24.3 Å². The number of aromatic nitrogens is 4. The molecule has 36 heavy (non-hydrogen) atoms. The van der Waals surface area contributed by atoms with Crippen LogP contribution in [0.1, 0.15) is 68.9 Å². The third-order valence-corrected chi connectivity index (χ3v) is 5.47. The predicted molar refractivity (Wildman–Crippen MR) is 142 cm³/mol. The molecule has 192 valence electrons. The van der Waals surface area contributed by atoms with Crippen LogP contribution in [0.2, 0.25) is 0 Å². The van der Waals surface area contributed by atoms with Gasteiger partial charge in [-0.05, 0) is 56.5 Å². The number of carbonyl (C=O) groups excluding carboxylic acids is 1. The fraction of sp³-hybridized carbons (Fsp3) is 0.423. The van der Waals surface area contributed by atoms with Crippen molar-refractivity contribution < 1.29 is 9.53 Å². The summed E-state index contributed by atoms with van der Waals surface area (Å²) in [5, 5.41) is 6.18. The molecule has 0 radical (unpaired) electrons. The van der Waals surface area contributed by atoms with Gasteiger partial charge in [-0.1, -0.05) is 20.3 Å². The van der Waals surface area contributed by atoms with Crippen LogP contribution < -0.4 is 21.9 Å². The number of aromatic amines is 1. The van der Waals surface area contributed by atoms with Gasteiger partial charge in [0.15, 0.2) is 11.2 Å². The Balaban J connectivity index is 1.46. The van der Waals surface area contributed by atoms with Gasteiger partial charge in [0, 0.05) is 24.2 Å². The van der Waals surface area contributed by atoms with E-state index < -0.39 is 5.56 Å². The molecule has 0 spiro atoms. The summed E-state index contributed by atoms with van der Waals surface area (Å²) in [5.74, 6) is 0.888. The Hall–Kier alpha value is -3.95. The molecular weight excluding hydrogens is 458 g/mol. The number of anilines is 2. The molecule has 2 aromatic heterocycles. The topological polar surface area (TPSA) is 148 Å². The summed E-state index contributed by atoms with van der Waals surface area (Å²) in [4.78, 5) is 39.3. The van der Waals surface area contributed by atoms with Crippen molar-refractivity contribution in [1.29, 1.82) is 0 Å². The van der Waals surface area contributed by atoms with Gasteiger partial charge in [-0.2, -0.15) is 4.98 Å². The fourth-order valence-corrected chi connectivity index (χ4v) is 3.72. The van der Waals surface area contributed by atoms with Gasteiger partial charge < -0.3 is 21.1 Å². The minimum Gasteiger partial charge on any atom is -0.495 e. The van der Waals surface area contributed by atoms with Crippen molar-refractivity contribution in [2.24, 2.45) is 0 Å². The first-order valence-corrected chi connectivity index (χ1v) is 12.4. The number of H-pyrrole nitrogens is 1. The molecule has 10 heteroatoms. The molecule has 1 aromatic carbocycles. The highest BCUT2D eigenvalue weighted by atomic mass is 16.5. The molecule has 10 nitrogen and oxygen atoms in total. The number of hydrogen-bond acceptors (Lipinski definition) is 8. The predicted octanol–water partition coefficient (Wildman–Crippen LogP) is 3.92. The lowest BCUT2D eigenvalue weighted by Gasteiger charge is -2.17. The second-order valence-electron chi connectivity index (χ2n) is 8.57. The molecule has 0 aliphatic heterocycles. The van der Waals surface area contributed by atoms with E-state index in [2.05, 4.69) is 57.4 Å². The van der Waals surface area contributed by atoms with Crippen LogP contribution in [0.5, 0.6) is 0 Å². The van der Waals surface area contributed by atoms with Gasteiger partial charge in [-0.3, -0.25) is 14.6 Å². The maximum absolute atomic E-state index is 12.5. The quantitative estimate of drug-likeness (QED) is 0.207. The highest BCUT2D eigenvalue weighted by Gasteiger charge is 2.09. The van der Waals surface area contributed by atoms with Gasteiger partial charge in [0.2, 0.25) is 5.95 Å². The van der Waals surface area contributed by atoms with Crippen molar-refractivity contribution >= 4 is 28.7 Å². The Bertz CT molecular complexity index is 1240. The maximum Gasteiger partial charge on any atom is 0.280 e. The standard InChI is InChI=1S/C26H35N7O3/c1-4-7-17(3)36-21(8-5-2)9-6-14-28-24(34)18-10-12-19(13-11-18)29-15-20-16-30-23-22(31-20)25(35)33-26(27)32-23/h8,10-13,16-17,29H,4-7,9,14-15H2,1-3H3,(H,28,34)(H3,27,30,32,33,35)/b21-8+. The van der Waals surface area contributed by atoms with Crippen LogP contribution >= 0.6 is 0 Å². The van der Waals surface area contributed by atoms with Crippen LogP contribution in [0.3, 0.4) is 0 Å². The van der Waals surface area contributed by atoms with Gasteiger partial charge in [0.25, 0.3) is 11.5 Å². The Morgan fingerprint density at radius 3 is 2.72 bits per heavy atom. The van der Waals surface area contributed by atoms with Crippen LogP contribution in [0, 0.1) is 0 Å². The molecule has 0 aliphatic rings. The third-order valence-electron chi connectivity index (χ3n) is 5.47. The Kier molecular flexibility index (Phi) is 9.79. The molecule has 0 aliphatic carbocycles. The number of ether oxygens (including phenoxy) is 1. The lowest BCUT2D eigenvalue weighted by molar-refractivity contribution is 0.0947. The number of fused-ring (bicyclic) bond motifs is 1. The summed E-state index contributed by atoms with van der Waals surface area (Å²) in [6.07, 6.45) is 8.54. The average Bonchev–Trinajstić information content (AvgIpc) is 2.86. The summed E-state index contributed by atoms with van der Waals surface area (Å²) in [5.41, 5.74) is 7.40. The van der Waals surface area contributed by atoms with E-state index in [4.69, 9.17) is 10.5 Å². The lowest BCUT2D eigenvalue weighted by atomic mass is 10.1. The van der Waals surface area contributed by atoms with Gasteiger partial charge in [0.05, 0.1) is 30.3 Å². The zero-order chi connectivity index (χ0) is 25.9. The summed E-state index contributed by atoms with van der Waals surface area (Å²) in [6.45, 7) is 7.27. The third kappa shape index (κ3) is 7.79. The van der Waals surface area contributed by atoms with E-state index in [-0.39, 0.29) is 29.1 Å². The van der Waals surface area contributed by atoms with E-state index >= 15 is 0 Å². The largest absolute Gasteiger partial charge is 0.495 e. The summed E-state index contributed by atoms with van der Waals surface area (Å²) in [6, 6.07) is 7.17. The van der Waals surface area contributed by atoms with Crippen molar-refractivity contribution in [3.8, 4) is 0 Å². The Morgan fingerprint density at radius 1 is 1.22 bits per heavy atom. The minimum absolute atomic E-state index is 0.000872. The van der Waals surface area contributed by atoms with Crippen LogP contribution in [0.4, 0.5) is 11.6 Å². The zero-order valence-electron chi connectivity index (χ0n) is 21.1. The molecule has 3 rings (SSSR count). The Labute approximate surface area is 210 Å². The number of benzene rings is 1. The van der Waals surface area contributed by atoms with Crippen molar-refractivity contribution in [3.05, 3.63) is 63.9 Å². The summed E-state index contributed by atoms with van der Waals surface area (Å²) in [7, 11) is 0. The number of allylic oxidation sites excluding steroid dienone is 2. The van der Waals surface area contributed by atoms with E-state index in [1.54, 1.807) is 18.3 Å². The highest BCUT2D eigenvalue weighted by Crippen LogP contribution is 2.15. The molecule has 0 bridgehead atoms. The van der Waals surface area contributed by atoms with Crippen molar-refractivity contribution in [2.75, 3.05) is 17.6 Å². The van der Waals surface area contributed by atoms with E-state index in [1.807, 2.05) is 12.1 Å². The molecule has 0 fully saturated rings. The molecule has 3 aromatic rings. The van der Waals surface area contributed by atoms with Gasteiger partial charge in [-0.25, -0.2) is 9.97 Å². The van der Waals surface area contributed by atoms with Crippen molar-refractivity contribution in [1.82, 2.24) is 25.3 Å². The van der Waals surface area contributed by atoms with E-state index in [9.17, 15) is 9.59 Å². The number of nitrogens with zero attached hydrogens (tertiary/aromatic N) is 3. The fourth-order valence-electron chi connectivity index (χ4n) is 3.72. The van der Waals surface area contributed by atoms with Gasteiger partial charge >= 0.3 is 0 Å². The molecule has 5 N–H and O–H groups in total. The smallest absolute Gasteiger partial charge is 0.280 e. The number of nitrogens with one attached hydrogen (secondary N) is 3. The number of carbonyl (C=O) groups is 1. The first-order chi connectivity index (χ1) is 17.4. The van der Waals surface area contributed by atoms with Crippen LogP contribution in [-0.2, 0) is 11.3 Å². The molecule has 1 unspecified atom stereocenters. The summed E-state index contributed by atoms with van der Waals surface area (Å²) >= 11 is 0. The first-order valence-electron chi connectivity index (χ1n) is 12.4. The second-order valence-corrected chi connectivity index (χ2v) is 8.57. The molecule has 1 atom stereocenters. The molecule has 1 amide bonds. The normalized spacial score (nSPS) is 12.4. The minimum atomic E-state index is -0.432. The first kappa shape index (κ1) is 26.7. The van der Waals surface area contributed by atoms with Crippen molar-refractivity contribution in [3.63, 3.8) is 0 Å². The highest BCUT2D eigenvalue weighted by molar-refractivity contribution is 5.94. The van der Waals surface area contributed by atoms with E-state index in [1.165, 1.54) is 0 Å². The van der Waals surface area contributed by atoms with Crippen molar-refractivity contribution in [2.45, 2.75) is 65.5 Å². The summed E-state index contributed by atoms with van der Waals surface area (Å²) < 4.78 is 6.03. The number of nitrogen functional groups attached to an aromatic ring is 1. The van der Waals surface area contributed by atoms with Crippen LogP contribution in [0.25, 0.3) is 11.2 Å². The molecule has 2 heterocycles. The number of amides is 1. The molecular formula is C26H35N7O3. The number of rotatable bonds is 13. The maximum atomic E-state index is 12.5. The van der Waals surface area contributed by atoms with E-state index in [0.717, 1.165) is 43.6 Å². The Morgan fingerprint density at radius 2 is 2.00 bits per heavy atom. The SMILES string of the molecule is CC/C=C(\CCCNC(=O)c1ccc(NCc2cnc3nc(N)[nH]c(=O)c3n2)cc1)OC(C)CCC. The zero-order valence-corrected chi connectivity index (χ0v) is 21.1. The second kappa shape index (κ2) is 13.2. The monoisotopic (exact) mass is 493 g/mol. The number of hydrogen-bond donors (Lipinski definition) is 4. The molecule has 0 saturated carbocycles. The average molecular weight is 494 g/mol.